The minimum absolute atomic E-state index is 0.0342. The third-order valence-corrected chi connectivity index (χ3v) is 14.4. The van der Waals surface area contributed by atoms with Gasteiger partial charge in [-0.15, -0.1) is 11.3 Å². The zero-order valence-corrected chi connectivity index (χ0v) is 43.0. The van der Waals surface area contributed by atoms with Crippen molar-refractivity contribution >= 4 is 45.9 Å². The fourth-order valence-electron chi connectivity index (χ4n) is 9.64. The lowest BCUT2D eigenvalue weighted by molar-refractivity contribution is -0.144. The Morgan fingerprint density at radius 3 is 2.23 bits per heavy atom. The SMILES string of the molecule is Cc1ncsc1-c1ccc(CNC(=O)[C@@H]2C[C@@H](O)CN2C(=O)[C@@H](NC(=O)CCCCCCCCCOc2ccc3c(-c4ccc(C(=O)OC(C)(C)C)c(C5CCCC5)c4)ncnc3c2)C(C)(C)C)cc1. The molecular weight excluding hydrogens is 901 g/mol. The molecule has 13 nitrogen and oxygen atoms in total. The lowest BCUT2D eigenvalue weighted by Gasteiger charge is -2.35. The average molecular weight is 973 g/mol. The van der Waals surface area contributed by atoms with Crippen molar-refractivity contribution in [1.82, 2.24) is 30.5 Å². The standard InChI is InChI=1S/C56H72N6O7S/c1-36-50(70-35-60-36)39-22-20-37(21-23-39)32-57-52(65)47-30-41(63)33-62(47)53(66)51(55(2,3)4)61-48(64)19-13-11-9-8-10-12-16-28-68-42-25-27-44-46(31-42)58-34-59-49(44)40-24-26-43(54(67)69-56(5,6)7)45(29-40)38-17-14-15-18-38/h20-27,29,31,34-35,38,41,47,51,63H,8-19,28,30,32-33H2,1-7H3,(H,57,65)(H,61,64)/t41-,47+,51-/m1/s1. The van der Waals surface area contributed by atoms with Gasteiger partial charge in [0.05, 0.1) is 45.6 Å². The number of aryl methyl sites for hydroxylation is 1. The highest BCUT2D eigenvalue weighted by Crippen LogP contribution is 2.39. The van der Waals surface area contributed by atoms with Crippen LogP contribution in [0.1, 0.15) is 158 Å². The first-order valence-electron chi connectivity index (χ1n) is 25.3. The summed E-state index contributed by atoms with van der Waals surface area (Å²) in [5.74, 6) is -0.0854. The monoisotopic (exact) mass is 973 g/mol. The fourth-order valence-corrected chi connectivity index (χ4v) is 10.4. The highest BCUT2D eigenvalue weighted by Gasteiger charge is 2.44. The third-order valence-electron chi connectivity index (χ3n) is 13.4. The van der Waals surface area contributed by atoms with Crippen LogP contribution >= 0.6 is 11.3 Å². The second-order valence-electron chi connectivity index (χ2n) is 21.2. The van der Waals surface area contributed by atoms with Crippen LogP contribution in [0.2, 0.25) is 0 Å². The highest BCUT2D eigenvalue weighted by atomic mass is 32.1. The van der Waals surface area contributed by atoms with Crippen LogP contribution in [0.3, 0.4) is 0 Å². The van der Waals surface area contributed by atoms with Crippen LogP contribution in [0.5, 0.6) is 5.75 Å². The molecule has 2 aromatic heterocycles. The van der Waals surface area contributed by atoms with Gasteiger partial charge in [-0.2, -0.15) is 0 Å². The van der Waals surface area contributed by atoms with Crippen LogP contribution in [0, 0.1) is 12.3 Å². The molecule has 3 aromatic carbocycles. The number of thiazole rings is 1. The van der Waals surface area contributed by atoms with Crippen molar-refractivity contribution in [3.05, 3.63) is 94.9 Å². The highest BCUT2D eigenvalue weighted by molar-refractivity contribution is 7.13. The van der Waals surface area contributed by atoms with E-state index in [0.717, 1.165) is 119 Å². The second kappa shape index (κ2) is 23.5. The Bertz CT molecular complexity index is 2590. The first-order chi connectivity index (χ1) is 33.4. The van der Waals surface area contributed by atoms with Crippen LogP contribution in [0.4, 0.5) is 0 Å². The van der Waals surface area contributed by atoms with E-state index >= 15 is 0 Å². The molecule has 3 atom stereocenters. The van der Waals surface area contributed by atoms with E-state index in [4.69, 9.17) is 9.47 Å². The Balaban J connectivity index is 0.812. The molecule has 14 heteroatoms. The number of hydrogen-bond donors (Lipinski definition) is 3. The summed E-state index contributed by atoms with van der Waals surface area (Å²) in [7, 11) is 0. The zero-order valence-electron chi connectivity index (χ0n) is 42.1. The molecule has 3 N–H and O–H groups in total. The number of carbonyl (C=O) groups is 4. The van der Waals surface area contributed by atoms with Gasteiger partial charge in [-0.1, -0.05) is 96.0 Å². The molecule has 5 aromatic rings. The van der Waals surface area contributed by atoms with E-state index in [1.807, 2.05) is 109 Å². The van der Waals surface area contributed by atoms with Gasteiger partial charge in [0.2, 0.25) is 17.7 Å². The molecule has 1 aliphatic carbocycles. The Hall–Kier alpha value is -5.73. The molecule has 0 radical (unpaired) electrons. The number of rotatable bonds is 20. The molecule has 2 fully saturated rings. The molecule has 7 rings (SSSR count). The maximum Gasteiger partial charge on any atom is 0.338 e. The normalized spacial score (nSPS) is 16.9. The van der Waals surface area contributed by atoms with Crippen molar-refractivity contribution in [3.63, 3.8) is 0 Å². The lowest BCUT2D eigenvalue weighted by atomic mass is 9.85. The summed E-state index contributed by atoms with van der Waals surface area (Å²) >= 11 is 1.59. The van der Waals surface area contributed by atoms with Crippen LogP contribution in [-0.2, 0) is 25.7 Å². The molecule has 3 amide bonds. The first-order valence-corrected chi connectivity index (χ1v) is 26.1. The number of nitrogens with one attached hydrogen (secondary N) is 2. The van der Waals surface area contributed by atoms with Gasteiger partial charge in [0.15, 0.2) is 0 Å². The molecule has 1 saturated carbocycles. The summed E-state index contributed by atoms with van der Waals surface area (Å²) in [5.41, 5.74) is 7.84. The summed E-state index contributed by atoms with van der Waals surface area (Å²) in [6, 6.07) is 18.2. The Kier molecular flexibility index (Phi) is 17.5. The predicted molar refractivity (Wildman–Crippen MR) is 275 cm³/mol. The number of aliphatic hydroxyl groups excluding tert-OH is 1. The predicted octanol–water partition coefficient (Wildman–Crippen LogP) is 10.7. The molecule has 3 heterocycles. The van der Waals surface area contributed by atoms with Crippen LogP contribution in [0.25, 0.3) is 32.6 Å². The Morgan fingerprint density at radius 2 is 1.54 bits per heavy atom. The van der Waals surface area contributed by atoms with Crippen molar-refractivity contribution < 1.29 is 33.8 Å². The van der Waals surface area contributed by atoms with E-state index in [9.17, 15) is 24.3 Å². The van der Waals surface area contributed by atoms with Gasteiger partial charge >= 0.3 is 5.97 Å². The van der Waals surface area contributed by atoms with Gasteiger partial charge in [0, 0.05) is 42.9 Å². The van der Waals surface area contributed by atoms with Crippen LogP contribution < -0.4 is 15.4 Å². The smallest absolute Gasteiger partial charge is 0.338 e. The minimum atomic E-state index is -0.850. The molecule has 374 valence electrons. The lowest BCUT2D eigenvalue weighted by Crippen LogP contribution is -2.57. The van der Waals surface area contributed by atoms with Gasteiger partial charge in [0.1, 0.15) is 29.8 Å². The average Bonchev–Trinajstić information content (AvgIpc) is 4.11. The first kappa shape index (κ1) is 52.1. The summed E-state index contributed by atoms with van der Waals surface area (Å²) in [6.45, 7) is 14.3. The third kappa shape index (κ3) is 13.8. The quantitative estimate of drug-likeness (QED) is 0.0503. The number of benzene rings is 3. The van der Waals surface area contributed by atoms with Gasteiger partial charge < -0.3 is 30.1 Å². The van der Waals surface area contributed by atoms with Gasteiger partial charge in [-0.3, -0.25) is 14.4 Å². The number of likely N-dealkylation sites (tertiary alicyclic amines) is 1. The maximum atomic E-state index is 14.0. The number of hydrogen-bond acceptors (Lipinski definition) is 11. The molecule has 0 unspecified atom stereocenters. The van der Waals surface area contributed by atoms with E-state index in [2.05, 4.69) is 31.7 Å². The number of aromatic nitrogens is 3. The number of β-amino-alcohol motifs (C(OH)–C–C–N with tert-alkyl or cyclic N) is 1. The number of ether oxygens (including phenoxy) is 2. The zero-order chi connectivity index (χ0) is 50.0. The van der Waals surface area contributed by atoms with E-state index in [-0.39, 0.29) is 43.2 Å². The fraction of sp³-hybridized carbons (Fsp3) is 0.518. The molecular formula is C56H72N6O7S. The number of amides is 3. The van der Waals surface area contributed by atoms with Crippen molar-refractivity contribution in [1.29, 1.82) is 0 Å². The minimum Gasteiger partial charge on any atom is -0.494 e. The number of nitrogens with zero attached hydrogens (tertiary/aromatic N) is 4. The van der Waals surface area contributed by atoms with Gasteiger partial charge in [-0.05, 0) is 106 Å². The van der Waals surface area contributed by atoms with Gasteiger partial charge in [0.25, 0.3) is 0 Å². The molecule has 70 heavy (non-hydrogen) atoms. The van der Waals surface area contributed by atoms with Crippen molar-refractivity contribution in [2.75, 3.05) is 13.2 Å². The van der Waals surface area contributed by atoms with E-state index in [1.54, 1.807) is 17.7 Å². The van der Waals surface area contributed by atoms with E-state index in [0.29, 0.717) is 30.9 Å². The van der Waals surface area contributed by atoms with Crippen molar-refractivity contribution in [2.24, 2.45) is 5.41 Å². The molecule has 1 aliphatic heterocycles. The number of fused-ring (bicyclic) bond motifs is 1. The summed E-state index contributed by atoms with van der Waals surface area (Å²) in [4.78, 5) is 70.1. The molecule has 0 spiro atoms. The number of esters is 1. The van der Waals surface area contributed by atoms with Crippen molar-refractivity contribution in [3.8, 4) is 27.4 Å². The van der Waals surface area contributed by atoms with E-state index in [1.165, 1.54) is 4.90 Å². The van der Waals surface area contributed by atoms with Gasteiger partial charge in [-0.25, -0.2) is 19.7 Å². The Labute approximate surface area is 417 Å². The number of aliphatic hydroxyl groups is 1. The summed E-state index contributed by atoms with van der Waals surface area (Å²) < 4.78 is 11.9. The number of unbranched alkanes of at least 4 members (excludes halogenated alkanes) is 6. The molecule has 2 aliphatic rings. The molecule has 1 saturated heterocycles. The number of carbonyl (C=O) groups excluding carboxylic acids is 4. The van der Waals surface area contributed by atoms with E-state index < -0.39 is 29.2 Å². The largest absolute Gasteiger partial charge is 0.494 e. The van der Waals surface area contributed by atoms with Crippen LogP contribution in [-0.4, -0.2) is 85.6 Å². The summed E-state index contributed by atoms with van der Waals surface area (Å²) in [6.07, 6.45) is 12.3. The van der Waals surface area contributed by atoms with Crippen LogP contribution in [0.15, 0.2) is 72.5 Å². The topological polar surface area (TPSA) is 173 Å². The molecule has 0 bridgehead atoms. The maximum absolute atomic E-state index is 14.0. The Morgan fingerprint density at radius 1 is 0.843 bits per heavy atom. The second-order valence-corrected chi connectivity index (χ2v) is 22.1. The summed E-state index contributed by atoms with van der Waals surface area (Å²) in [5, 5.41) is 17.5. The van der Waals surface area contributed by atoms with Crippen molar-refractivity contribution in [2.45, 2.75) is 168 Å².